The Morgan fingerprint density at radius 3 is 2.26 bits per heavy atom. The van der Waals surface area contributed by atoms with E-state index in [1.165, 1.54) is 12.1 Å². The SMILES string of the molecule is C#CC1(NC(=O)c2cc(NC(=O)[C@H]3[C@H](c4cc(Cl)cc(Cl)c4)C3(Cl)Cl)ccc2Cl)CC1. The van der Waals surface area contributed by atoms with Crippen LogP contribution in [0.25, 0.3) is 0 Å². The molecule has 4 rings (SSSR count). The van der Waals surface area contributed by atoms with E-state index in [9.17, 15) is 9.59 Å². The number of halogens is 5. The highest BCUT2D eigenvalue weighted by Crippen LogP contribution is 2.65. The lowest BCUT2D eigenvalue weighted by molar-refractivity contribution is -0.117. The monoisotopic (exact) mass is 514 g/mol. The topological polar surface area (TPSA) is 58.2 Å². The maximum atomic E-state index is 12.9. The zero-order chi connectivity index (χ0) is 22.6. The minimum atomic E-state index is -1.31. The quantitative estimate of drug-likeness (QED) is 0.375. The molecule has 0 unspecified atom stereocenters. The Kier molecular flexibility index (Phi) is 5.87. The lowest BCUT2D eigenvalue weighted by atomic mass is 10.1. The Bertz CT molecular complexity index is 1120. The van der Waals surface area contributed by atoms with Crippen LogP contribution >= 0.6 is 58.0 Å². The second kappa shape index (κ2) is 8.06. The lowest BCUT2D eigenvalue weighted by Gasteiger charge is -2.13. The molecule has 2 N–H and O–H groups in total. The first-order valence-electron chi connectivity index (χ1n) is 9.31. The molecule has 0 bridgehead atoms. The summed E-state index contributed by atoms with van der Waals surface area (Å²) in [5, 5.41) is 6.64. The molecule has 0 spiro atoms. The molecule has 160 valence electrons. The van der Waals surface area contributed by atoms with Gasteiger partial charge in [-0.3, -0.25) is 9.59 Å². The molecule has 0 saturated heterocycles. The van der Waals surface area contributed by atoms with Crippen molar-refractivity contribution in [3.63, 3.8) is 0 Å². The van der Waals surface area contributed by atoms with Crippen molar-refractivity contribution < 1.29 is 9.59 Å². The maximum absolute atomic E-state index is 12.9. The van der Waals surface area contributed by atoms with E-state index in [4.69, 9.17) is 64.4 Å². The molecule has 0 aliphatic heterocycles. The van der Waals surface area contributed by atoms with Gasteiger partial charge in [-0.05, 0) is 54.8 Å². The summed E-state index contributed by atoms with van der Waals surface area (Å²) in [4.78, 5) is 25.5. The summed E-state index contributed by atoms with van der Waals surface area (Å²) < 4.78 is -1.31. The molecule has 0 aromatic heterocycles. The molecular weight excluding hydrogens is 502 g/mol. The van der Waals surface area contributed by atoms with E-state index >= 15 is 0 Å². The molecule has 0 heterocycles. The molecule has 31 heavy (non-hydrogen) atoms. The molecule has 0 radical (unpaired) electrons. The van der Waals surface area contributed by atoms with Gasteiger partial charge in [0.25, 0.3) is 5.91 Å². The number of terminal acetylenes is 1. The fourth-order valence-electron chi connectivity index (χ4n) is 3.53. The number of carbonyl (C=O) groups excluding carboxylic acids is 2. The second-order valence-electron chi connectivity index (χ2n) is 7.70. The number of carbonyl (C=O) groups is 2. The van der Waals surface area contributed by atoms with E-state index in [2.05, 4.69) is 16.6 Å². The Morgan fingerprint density at radius 2 is 1.68 bits per heavy atom. The minimum absolute atomic E-state index is 0.206. The highest BCUT2D eigenvalue weighted by molar-refractivity contribution is 6.53. The van der Waals surface area contributed by atoms with Gasteiger partial charge in [-0.1, -0.05) is 40.7 Å². The van der Waals surface area contributed by atoms with Crippen molar-refractivity contribution in [2.45, 2.75) is 28.6 Å². The fraction of sp³-hybridized carbons (Fsp3) is 0.273. The smallest absolute Gasteiger partial charge is 0.254 e. The minimum Gasteiger partial charge on any atom is -0.336 e. The average Bonchev–Trinajstić information content (AvgIpc) is 3.57. The molecule has 2 saturated carbocycles. The van der Waals surface area contributed by atoms with Gasteiger partial charge in [0.15, 0.2) is 0 Å². The first-order chi connectivity index (χ1) is 14.6. The van der Waals surface area contributed by atoms with Crippen molar-refractivity contribution in [3.05, 3.63) is 62.6 Å². The molecule has 2 aliphatic rings. The van der Waals surface area contributed by atoms with Gasteiger partial charge in [-0.25, -0.2) is 0 Å². The Labute approximate surface area is 204 Å². The molecule has 9 heteroatoms. The van der Waals surface area contributed by atoms with Crippen LogP contribution in [0.3, 0.4) is 0 Å². The fourth-order valence-corrected chi connectivity index (χ4v) is 5.11. The van der Waals surface area contributed by atoms with E-state index in [0.717, 1.165) is 0 Å². The molecule has 2 atom stereocenters. The summed E-state index contributed by atoms with van der Waals surface area (Å²) in [7, 11) is 0. The van der Waals surface area contributed by atoms with Crippen LogP contribution in [0.2, 0.25) is 15.1 Å². The molecule has 2 aromatic carbocycles. The van der Waals surface area contributed by atoms with Gasteiger partial charge in [0, 0.05) is 21.7 Å². The third-order valence-corrected chi connectivity index (χ3v) is 7.14. The highest BCUT2D eigenvalue weighted by Gasteiger charge is 2.67. The van der Waals surface area contributed by atoms with E-state index in [-0.39, 0.29) is 10.6 Å². The number of rotatable bonds is 5. The van der Waals surface area contributed by atoms with Crippen LogP contribution in [-0.2, 0) is 4.79 Å². The van der Waals surface area contributed by atoms with Crippen LogP contribution in [0.1, 0.15) is 34.7 Å². The van der Waals surface area contributed by atoms with Gasteiger partial charge in [0.05, 0.1) is 16.5 Å². The van der Waals surface area contributed by atoms with Crippen LogP contribution in [0.4, 0.5) is 5.69 Å². The summed E-state index contributed by atoms with van der Waals surface area (Å²) >= 11 is 31.1. The van der Waals surface area contributed by atoms with Crippen molar-refractivity contribution >= 4 is 75.5 Å². The van der Waals surface area contributed by atoms with Crippen molar-refractivity contribution in [1.82, 2.24) is 5.32 Å². The van der Waals surface area contributed by atoms with Crippen LogP contribution in [0.5, 0.6) is 0 Å². The lowest BCUT2D eigenvalue weighted by Crippen LogP contribution is -2.35. The van der Waals surface area contributed by atoms with Gasteiger partial charge < -0.3 is 10.6 Å². The molecule has 4 nitrogen and oxygen atoms in total. The standard InChI is InChI=1S/C22H15Cl5N2O2/c1-2-21(5-6-21)29-19(30)15-10-14(3-4-16(15)25)28-20(31)18-17(22(18,26)27)11-7-12(23)9-13(24)8-11/h1,3-4,7-10,17-18H,5-6H2,(H,28,31)(H,29,30)/t17-,18+/m0/s1. The van der Waals surface area contributed by atoms with Crippen molar-refractivity contribution in [3.8, 4) is 12.3 Å². The highest BCUT2D eigenvalue weighted by atomic mass is 35.5. The summed E-state index contributed by atoms with van der Waals surface area (Å²) in [5.41, 5.74) is 0.639. The van der Waals surface area contributed by atoms with E-state index in [1.54, 1.807) is 24.3 Å². The molecular formula is C22H15Cl5N2O2. The van der Waals surface area contributed by atoms with Crippen LogP contribution in [-0.4, -0.2) is 21.7 Å². The third kappa shape index (κ3) is 4.49. The number of hydrogen-bond donors (Lipinski definition) is 2. The van der Waals surface area contributed by atoms with E-state index in [0.29, 0.717) is 34.1 Å². The number of hydrogen-bond acceptors (Lipinski definition) is 2. The van der Waals surface area contributed by atoms with Crippen molar-refractivity contribution in [2.75, 3.05) is 5.32 Å². The number of benzene rings is 2. The zero-order valence-corrected chi connectivity index (χ0v) is 19.6. The third-order valence-electron chi connectivity index (χ3n) is 5.44. The average molecular weight is 517 g/mol. The number of anilines is 1. The summed E-state index contributed by atoms with van der Waals surface area (Å²) in [6.45, 7) is 0. The van der Waals surface area contributed by atoms with Crippen LogP contribution in [0.15, 0.2) is 36.4 Å². The summed E-state index contributed by atoms with van der Waals surface area (Å²) in [6, 6.07) is 9.53. The van der Waals surface area contributed by atoms with Gasteiger partial charge in [-0.2, -0.15) is 0 Å². The van der Waals surface area contributed by atoms with E-state index in [1.807, 2.05) is 0 Å². The predicted molar refractivity (Wildman–Crippen MR) is 125 cm³/mol. The van der Waals surface area contributed by atoms with E-state index < -0.39 is 33.5 Å². The number of alkyl halides is 2. The summed E-state index contributed by atoms with van der Waals surface area (Å²) in [6.07, 6.45) is 6.91. The molecule has 2 aromatic rings. The van der Waals surface area contributed by atoms with Crippen molar-refractivity contribution in [1.29, 1.82) is 0 Å². The first kappa shape index (κ1) is 22.6. The Balaban J connectivity index is 1.51. The Morgan fingerprint density at radius 1 is 1.03 bits per heavy atom. The maximum Gasteiger partial charge on any atom is 0.254 e. The van der Waals surface area contributed by atoms with Crippen molar-refractivity contribution in [2.24, 2.45) is 5.92 Å². The van der Waals surface area contributed by atoms with Crippen LogP contribution in [0, 0.1) is 18.3 Å². The van der Waals surface area contributed by atoms with Crippen LogP contribution < -0.4 is 10.6 Å². The second-order valence-corrected chi connectivity index (χ2v) is 10.4. The number of nitrogens with one attached hydrogen (secondary N) is 2. The zero-order valence-electron chi connectivity index (χ0n) is 15.8. The van der Waals surface area contributed by atoms with Gasteiger partial charge >= 0.3 is 0 Å². The first-order valence-corrected chi connectivity index (χ1v) is 11.2. The normalized spacial score (nSPS) is 22.2. The van der Waals surface area contributed by atoms with Gasteiger partial charge in [-0.15, -0.1) is 29.6 Å². The van der Waals surface area contributed by atoms with Gasteiger partial charge in [0.1, 0.15) is 9.87 Å². The molecule has 2 fully saturated rings. The largest absolute Gasteiger partial charge is 0.336 e. The predicted octanol–water partition coefficient (Wildman–Crippen LogP) is 6.07. The van der Waals surface area contributed by atoms with Gasteiger partial charge in [0.2, 0.25) is 5.91 Å². The molecule has 2 aliphatic carbocycles. The molecule has 2 amide bonds. The number of amides is 2. The summed E-state index contributed by atoms with van der Waals surface area (Å²) in [5.74, 6) is 0.575. The Hall–Kier alpha value is -1.61.